The lowest BCUT2D eigenvalue weighted by Crippen LogP contribution is -2.42. The molecule has 3 heterocycles. The molecule has 2 aromatic heterocycles. The van der Waals surface area contributed by atoms with E-state index in [1.165, 1.54) is 6.92 Å². The van der Waals surface area contributed by atoms with Gasteiger partial charge in [0.05, 0.1) is 30.2 Å². The minimum absolute atomic E-state index is 0.0115. The van der Waals surface area contributed by atoms with Crippen LogP contribution in [0.15, 0.2) is 12.3 Å². The number of aliphatic hydroxyl groups excluding tert-OH is 1. The molecule has 15 heteroatoms. The molecular weight excluding hydrogens is 489 g/mol. The summed E-state index contributed by atoms with van der Waals surface area (Å²) in [4.78, 5) is 31.8. The Kier molecular flexibility index (Phi) is 7.67. The molecule has 0 aromatic carbocycles. The number of rotatable bonds is 8. The minimum Gasteiger partial charge on any atom is -0.388 e. The van der Waals surface area contributed by atoms with Gasteiger partial charge in [-0.25, -0.2) is 18.7 Å². The third kappa shape index (κ3) is 5.59. The topological polar surface area (TPSA) is 139 Å². The number of thiazole rings is 1. The molecule has 34 heavy (non-hydrogen) atoms. The van der Waals surface area contributed by atoms with Crippen LogP contribution < -0.4 is 16.4 Å². The van der Waals surface area contributed by atoms with Crippen LogP contribution >= 0.6 is 11.3 Å². The Morgan fingerprint density at radius 1 is 1.35 bits per heavy atom. The summed E-state index contributed by atoms with van der Waals surface area (Å²) in [5, 5.41) is 14.0. The number of ether oxygens (including phenoxy) is 1. The van der Waals surface area contributed by atoms with Crippen molar-refractivity contribution < 1.29 is 41.4 Å². The molecule has 0 radical (unpaired) electrons. The number of nitrogens with zero attached hydrogens (tertiary/aromatic N) is 2. The maximum absolute atomic E-state index is 13.8. The minimum atomic E-state index is -4.63. The first-order valence-corrected chi connectivity index (χ1v) is 10.7. The Labute approximate surface area is 193 Å². The van der Waals surface area contributed by atoms with Crippen LogP contribution in [-0.2, 0) is 4.74 Å². The molecule has 0 aliphatic carbocycles. The second-order valence-corrected chi connectivity index (χ2v) is 8.35. The fourth-order valence-corrected chi connectivity index (χ4v) is 4.20. The third-order valence-electron chi connectivity index (χ3n) is 4.96. The Hall–Kier alpha value is -2.91. The Morgan fingerprint density at radius 3 is 2.59 bits per heavy atom. The van der Waals surface area contributed by atoms with E-state index < -0.39 is 59.7 Å². The van der Waals surface area contributed by atoms with Crippen molar-refractivity contribution in [2.75, 3.05) is 18.5 Å². The second kappa shape index (κ2) is 10.1. The van der Waals surface area contributed by atoms with Crippen molar-refractivity contribution in [1.82, 2.24) is 15.3 Å². The molecule has 0 unspecified atom stereocenters. The van der Waals surface area contributed by atoms with E-state index in [4.69, 9.17) is 10.5 Å². The number of pyridine rings is 1. The van der Waals surface area contributed by atoms with Crippen LogP contribution in [0.1, 0.15) is 45.6 Å². The van der Waals surface area contributed by atoms with Crippen LogP contribution in [0.4, 0.5) is 27.8 Å². The number of nitrogens with one attached hydrogen (secondary N) is 2. The van der Waals surface area contributed by atoms with Crippen LogP contribution in [0.5, 0.6) is 0 Å². The predicted octanol–water partition coefficient (Wildman–Crippen LogP) is 2.48. The van der Waals surface area contributed by atoms with E-state index in [1.54, 1.807) is 0 Å². The predicted molar refractivity (Wildman–Crippen MR) is 111 cm³/mol. The normalized spacial score (nSPS) is 19.3. The van der Waals surface area contributed by atoms with Gasteiger partial charge in [-0.2, -0.15) is 13.2 Å². The number of carbonyl (C=O) groups excluding carboxylic acids is 2. The summed E-state index contributed by atoms with van der Waals surface area (Å²) in [5.41, 5.74) is 3.79. The highest BCUT2D eigenvalue weighted by Crippen LogP contribution is 2.38. The molecule has 0 spiro atoms. The van der Waals surface area contributed by atoms with Crippen molar-refractivity contribution in [3.8, 4) is 10.4 Å². The molecule has 5 N–H and O–H groups in total. The van der Waals surface area contributed by atoms with Crippen LogP contribution in [0.3, 0.4) is 0 Å². The van der Waals surface area contributed by atoms with E-state index in [9.17, 15) is 36.6 Å². The first kappa shape index (κ1) is 25.7. The molecule has 2 amide bonds. The summed E-state index contributed by atoms with van der Waals surface area (Å²) in [6, 6.07) is -2.00. The number of halogens is 5. The van der Waals surface area contributed by atoms with Gasteiger partial charge in [-0.15, -0.1) is 11.3 Å². The Morgan fingerprint density at radius 2 is 2.06 bits per heavy atom. The van der Waals surface area contributed by atoms with Crippen LogP contribution in [0.25, 0.3) is 10.4 Å². The highest BCUT2D eigenvalue weighted by Gasteiger charge is 2.38. The molecule has 0 bridgehead atoms. The first-order valence-electron chi connectivity index (χ1n) is 9.91. The van der Waals surface area contributed by atoms with Crippen molar-refractivity contribution in [2.45, 2.75) is 44.1 Å². The Bertz CT molecular complexity index is 1060. The zero-order valence-corrected chi connectivity index (χ0v) is 18.3. The lowest BCUT2D eigenvalue weighted by Gasteiger charge is -2.21. The molecule has 2 aromatic rings. The van der Waals surface area contributed by atoms with Gasteiger partial charge < -0.3 is 26.2 Å². The maximum atomic E-state index is 13.8. The lowest BCUT2D eigenvalue weighted by molar-refractivity contribution is -0.142. The van der Waals surface area contributed by atoms with E-state index in [-0.39, 0.29) is 35.1 Å². The average molecular weight is 509 g/mol. The average Bonchev–Trinajstić information content (AvgIpc) is 3.37. The van der Waals surface area contributed by atoms with Crippen LogP contribution in [0.2, 0.25) is 0 Å². The smallest absolute Gasteiger partial charge is 0.388 e. The zero-order valence-electron chi connectivity index (χ0n) is 17.5. The standard InChI is InChI=1S/C19H20F5N5O4S/c1-2-11(19(22,23)24)28-12-3-7(15(20)21)8(4-26-12)14-13(16(25)31)29-18(34-14)17(32)27-9-5-33-6-10(9)30/h3-4,9-11,15,30H,2,5-6H2,1H3,(H2,25,31)(H,26,28)(H,27,32)/t9-,10-,11-/m0/s1. The number of hydrogen-bond donors (Lipinski definition) is 4. The van der Waals surface area contributed by atoms with Crippen molar-refractivity contribution in [2.24, 2.45) is 5.73 Å². The van der Waals surface area contributed by atoms with E-state index in [0.29, 0.717) is 11.3 Å². The summed E-state index contributed by atoms with van der Waals surface area (Å²) < 4.78 is 71.8. The molecule has 3 rings (SSSR count). The van der Waals surface area contributed by atoms with E-state index >= 15 is 0 Å². The van der Waals surface area contributed by atoms with Gasteiger partial charge in [-0.1, -0.05) is 6.92 Å². The molecule has 9 nitrogen and oxygen atoms in total. The quantitative estimate of drug-likeness (QED) is 0.401. The van der Waals surface area contributed by atoms with Crippen molar-refractivity contribution in [3.63, 3.8) is 0 Å². The van der Waals surface area contributed by atoms with Gasteiger partial charge in [0, 0.05) is 17.3 Å². The van der Waals surface area contributed by atoms with Crippen molar-refractivity contribution in [1.29, 1.82) is 0 Å². The second-order valence-electron chi connectivity index (χ2n) is 7.35. The monoisotopic (exact) mass is 509 g/mol. The van der Waals surface area contributed by atoms with Gasteiger partial charge in [0.25, 0.3) is 18.2 Å². The van der Waals surface area contributed by atoms with E-state index in [1.807, 2.05) is 0 Å². The fourth-order valence-electron chi connectivity index (χ4n) is 3.19. The van der Waals surface area contributed by atoms with Gasteiger partial charge >= 0.3 is 6.18 Å². The number of nitrogens with two attached hydrogens (primary N) is 1. The molecule has 1 aliphatic rings. The number of carbonyl (C=O) groups is 2. The van der Waals surface area contributed by atoms with Crippen molar-refractivity contribution in [3.05, 3.63) is 28.5 Å². The first-order chi connectivity index (χ1) is 15.9. The van der Waals surface area contributed by atoms with Gasteiger partial charge in [0.15, 0.2) is 5.01 Å². The zero-order chi connectivity index (χ0) is 25.2. The highest BCUT2D eigenvalue weighted by atomic mass is 32.1. The number of aliphatic hydroxyl groups is 1. The van der Waals surface area contributed by atoms with Gasteiger partial charge in [0.1, 0.15) is 17.6 Å². The molecule has 0 saturated carbocycles. The molecule has 186 valence electrons. The third-order valence-corrected chi connectivity index (χ3v) is 6.05. The summed E-state index contributed by atoms with van der Waals surface area (Å²) in [5.74, 6) is -2.35. The highest BCUT2D eigenvalue weighted by molar-refractivity contribution is 7.17. The molecule has 1 fully saturated rings. The molecule has 1 saturated heterocycles. The van der Waals surface area contributed by atoms with Crippen molar-refractivity contribution >= 4 is 29.0 Å². The van der Waals surface area contributed by atoms with Gasteiger partial charge in [-0.3, -0.25) is 9.59 Å². The number of anilines is 1. The SMILES string of the molecule is CC[C@H](Nc1cc(C(F)F)c(-c2sc(C(=O)N[C@H]3COC[C@@H]3O)nc2C(N)=O)cn1)C(F)(F)F. The summed E-state index contributed by atoms with van der Waals surface area (Å²) in [7, 11) is 0. The van der Waals surface area contributed by atoms with E-state index in [2.05, 4.69) is 20.6 Å². The number of hydrogen-bond acceptors (Lipinski definition) is 8. The summed E-state index contributed by atoms with van der Waals surface area (Å²) in [6.07, 6.45) is -8.25. The molecule has 1 aliphatic heterocycles. The fraction of sp³-hybridized carbons (Fsp3) is 0.474. The molecule has 3 atom stereocenters. The number of alkyl halides is 5. The molecular formula is C19H20F5N5O4S. The number of amides is 2. The largest absolute Gasteiger partial charge is 0.408 e. The van der Waals surface area contributed by atoms with Crippen LogP contribution in [-0.4, -0.2) is 64.5 Å². The van der Waals surface area contributed by atoms with Gasteiger partial charge in [0.2, 0.25) is 0 Å². The summed E-state index contributed by atoms with van der Waals surface area (Å²) >= 11 is 0.574. The van der Waals surface area contributed by atoms with Crippen LogP contribution in [0, 0.1) is 0 Å². The number of primary amides is 1. The summed E-state index contributed by atoms with van der Waals surface area (Å²) in [6.45, 7) is 1.32. The Balaban J connectivity index is 1.97. The number of aromatic nitrogens is 2. The van der Waals surface area contributed by atoms with Gasteiger partial charge in [-0.05, 0) is 12.5 Å². The van der Waals surface area contributed by atoms with E-state index in [0.717, 1.165) is 12.3 Å². The maximum Gasteiger partial charge on any atom is 0.408 e. The lowest BCUT2D eigenvalue weighted by atomic mass is 10.1.